The largest absolute Gasteiger partial charge is 0.338 e. The molecular weight excluding hydrogens is 232 g/mol. The van der Waals surface area contributed by atoms with Crippen LogP contribution in [0.1, 0.15) is 36.1 Å². The standard InChI is InChI=1S/C13H22N2OS/c1-5-11(8-14)13(16)15(4)10(3)12-7-6-9(2)17-12/h6-7,10-11H,5,8,14H2,1-4H3. The van der Waals surface area contributed by atoms with Gasteiger partial charge in [-0.25, -0.2) is 0 Å². The van der Waals surface area contributed by atoms with Crippen molar-refractivity contribution in [2.45, 2.75) is 33.2 Å². The maximum Gasteiger partial charge on any atom is 0.227 e. The van der Waals surface area contributed by atoms with Crippen LogP contribution >= 0.6 is 11.3 Å². The smallest absolute Gasteiger partial charge is 0.227 e. The molecule has 0 saturated heterocycles. The Kier molecular flexibility index (Phi) is 5.15. The van der Waals surface area contributed by atoms with Gasteiger partial charge in [0, 0.05) is 23.3 Å². The molecule has 1 aromatic heterocycles. The zero-order chi connectivity index (χ0) is 13.0. The van der Waals surface area contributed by atoms with Crippen LogP contribution in [-0.2, 0) is 4.79 Å². The SMILES string of the molecule is CCC(CN)C(=O)N(C)C(C)c1ccc(C)s1. The summed E-state index contributed by atoms with van der Waals surface area (Å²) < 4.78 is 0. The fourth-order valence-electron chi connectivity index (χ4n) is 1.79. The number of hydrogen-bond donors (Lipinski definition) is 1. The van der Waals surface area contributed by atoms with Crippen molar-refractivity contribution < 1.29 is 4.79 Å². The lowest BCUT2D eigenvalue weighted by Crippen LogP contribution is -2.37. The van der Waals surface area contributed by atoms with Crippen molar-refractivity contribution in [3.05, 3.63) is 21.9 Å². The predicted octanol–water partition coefficient (Wildman–Crippen LogP) is 2.56. The van der Waals surface area contributed by atoms with E-state index in [-0.39, 0.29) is 17.9 Å². The zero-order valence-corrected chi connectivity index (χ0v) is 11.9. The molecule has 1 aromatic rings. The zero-order valence-electron chi connectivity index (χ0n) is 11.1. The summed E-state index contributed by atoms with van der Waals surface area (Å²) in [5.74, 6) is 0.0945. The summed E-state index contributed by atoms with van der Waals surface area (Å²) in [6, 6.07) is 4.31. The fourth-order valence-corrected chi connectivity index (χ4v) is 2.76. The van der Waals surface area contributed by atoms with Crippen molar-refractivity contribution in [1.82, 2.24) is 4.90 Å². The van der Waals surface area contributed by atoms with E-state index in [0.717, 1.165) is 6.42 Å². The first kappa shape index (κ1) is 14.2. The van der Waals surface area contributed by atoms with Gasteiger partial charge >= 0.3 is 0 Å². The Morgan fingerprint density at radius 3 is 2.59 bits per heavy atom. The van der Waals surface area contributed by atoms with E-state index in [2.05, 4.69) is 26.0 Å². The molecular formula is C13H22N2OS. The molecule has 1 amide bonds. The Labute approximate surface area is 108 Å². The molecule has 0 radical (unpaired) electrons. The summed E-state index contributed by atoms with van der Waals surface area (Å²) >= 11 is 1.74. The van der Waals surface area contributed by atoms with E-state index in [0.29, 0.717) is 6.54 Å². The number of amides is 1. The minimum Gasteiger partial charge on any atom is -0.338 e. The summed E-state index contributed by atoms with van der Waals surface area (Å²) in [5, 5.41) is 0. The summed E-state index contributed by atoms with van der Waals surface area (Å²) in [5.41, 5.74) is 5.62. The second-order valence-corrected chi connectivity index (χ2v) is 5.73. The predicted molar refractivity (Wildman–Crippen MR) is 73.1 cm³/mol. The highest BCUT2D eigenvalue weighted by Crippen LogP contribution is 2.27. The molecule has 0 fully saturated rings. The molecule has 0 aromatic carbocycles. The molecule has 0 aliphatic heterocycles. The van der Waals surface area contributed by atoms with Gasteiger partial charge in [0.1, 0.15) is 0 Å². The summed E-state index contributed by atoms with van der Waals surface area (Å²) in [4.78, 5) is 16.5. The molecule has 4 heteroatoms. The van der Waals surface area contributed by atoms with E-state index < -0.39 is 0 Å². The number of aryl methyl sites for hydroxylation is 1. The number of carbonyl (C=O) groups excluding carboxylic acids is 1. The molecule has 17 heavy (non-hydrogen) atoms. The Morgan fingerprint density at radius 1 is 1.53 bits per heavy atom. The summed E-state index contributed by atoms with van der Waals surface area (Å²) in [7, 11) is 1.86. The summed E-state index contributed by atoms with van der Waals surface area (Å²) in [6.45, 7) is 6.57. The van der Waals surface area contributed by atoms with E-state index in [9.17, 15) is 4.79 Å². The van der Waals surface area contributed by atoms with E-state index >= 15 is 0 Å². The number of thiophene rings is 1. The molecule has 2 N–H and O–H groups in total. The Balaban J connectivity index is 2.75. The van der Waals surface area contributed by atoms with Crippen molar-refractivity contribution in [1.29, 1.82) is 0 Å². The van der Waals surface area contributed by atoms with Crippen LogP contribution in [0.25, 0.3) is 0 Å². The molecule has 0 bridgehead atoms. The van der Waals surface area contributed by atoms with Gasteiger partial charge in [0.2, 0.25) is 5.91 Å². The average molecular weight is 254 g/mol. The second kappa shape index (κ2) is 6.17. The molecule has 3 nitrogen and oxygen atoms in total. The van der Waals surface area contributed by atoms with Gasteiger partial charge in [-0.3, -0.25) is 4.79 Å². The van der Waals surface area contributed by atoms with Gasteiger partial charge in [0.25, 0.3) is 0 Å². The summed E-state index contributed by atoms with van der Waals surface area (Å²) in [6.07, 6.45) is 0.801. The van der Waals surface area contributed by atoms with Gasteiger partial charge in [0.15, 0.2) is 0 Å². The molecule has 0 aliphatic carbocycles. The average Bonchev–Trinajstić information content (AvgIpc) is 2.75. The van der Waals surface area contributed by atoms with E-state index in [1.165, 1.54) is 9.75 Å². The number of carbonyl (C=O) groups is 1. The van der Waals surface area contributed by atoms with Crippen LogP contribution in [0, 0.1) is 12.8 Å². The Morgan fingerprint density at radius 2 is 2.18 bits per heavy atom. The molecule has 0 saturated carbocycles. The number of hydrogen-bond acceptors (Lipinski definition) is 3. The van der Waals surface area contributed by atoms with Gasteiger partial charge in [-0.2, -0.15) is 0 Å². The third-order valence-corrected chi connectivity index (χ3v) is 4.40. The van der Waals surface area contributed by atoms with E-state index in [4.69, 9.17) is 5.73 Å². The third-order valence-electron chi connectivity index (χ3n) is 3.23. The van der Waals surface area contributed by atoms with Crippen molar-refractivity contribution in [2.24, 2.45) is 11.7 Å². The van der Waals surface area contributed by atoms with Crippen molar-refractivity contribution in [3.8, 4) is 0 Å². The van der Waals surface area contributed by atoms with E-state index in [1.54, 1.807) is 11.3 Å². The lowest BCUT2D eigenvalue weighted by molar-refractivity contribution is -0.135. The lowest BCUT2D eigenvalue weighted by atomic mass is 10.0. The molecule has 2 atom stereocenters. The quantitative estimate of drug-likeness (QED) is 0.877. The van der Waals surface area contributed by atoms with Crippen molar-refractivity contribution >= 4 is 17.2 Å². The molecule has 1 heterocycles. The first-order chi connectivity index (χ1) is 8.01. The highest BCUT2D eigenvalue weighted by atomic mass is 32.1. The number of nitrogens with zero attached hydrogens (tertiary/aromatic N) is 1. The fraction of sp³-hybridized carbons (Fsp3) is 0.615. The normalized spacial score (nSPS) is 14.4. The maximum atomic E-state index is 12.2. The molecule has 0 aliphatic rings. The van der Waals surface area contributed by atoms with Gasteiger partial charge in [0.05, 0.1) is 12.0 Å². The first-order valence-corrected chi connectivity index (χ1v) is 6.86. The highest BCUT2D eigenvalue weighted by Gasteiger charge is 2.24. The first-order valence-electron chi connectivity index (χ1n) is 6.04. The van der Waals surface area contributed by atoms with Crippen LogP contribution in [0.3, 0.4) is 0 Å². The van der Waals surface area contributed by atoms with Gasteiger partial charge in [-0.15, -0.1) is 11.3 Å². The van der Waals surface area contributed by atoms with Gasteiger partial charge in [-0.05, 0) is 32.4 Å². The third kappa shape index (κ3) is 3.30. The monoisotopic (exact) mass is 254 g/mol. The lowest BCUT2D eigenvalue weighted by Gasteiger charge is -2.27. The van der Waals surface area contributed by atoms with Gasteiger partial charge in [-0.1, -0.05) is 6.92 Å². The second-order valence-electron chi connectivity index (χ2n) is 4.41. The van der Waals surface area contributed by atoms with Crippen LogP contribution < -0.4 is 5.73 Å². The topological polar surface area (TPSA) is 46.3 Å². The number of rotatable bonds is 5. The van der Waals surface area contributed by atoms with Crippen LogP contribution in [0.4, 0.5) is 0 Å². The molecule has 0 spiro atoms. The van der Waals surface area contributed by atoms with Crippen LogP contribution in [-0.4, -0.2) is 24.4 Å². The molecule has 1 rings (SSSR count). The van der Waals surface area contributed by atoms with Crippen LogP contribution in [0.2, 0.25) is 0 Å². The maximum absolute atomic E-state index is 12.2. The van der Waals surface area contributed by atoms with Gasteiger partial charge < -0.3 is 10.6 Å². The Hall–Kier alpha value is -0.870. The van der Waals surface area contributed by atoms with Crippen molar-refractivity contribution in [3.63, 3.8) is 0 Å². The highest BCUT2D eigenvalue weighted by molar-refractivity contribution is 7.12. The Bertz CT molecular complexity index is 371. The minimum absolute atomic E-state index is 0.0523. The molecule has 96 valence electrons. The van der Waals surface area contributed by atoms with Crippen LogP contribution in [0.15, 0.2) is 12.1 Å². The number of nitrogens with two attached hydrogens (primary N) is 1. The van der Waals surface area contributed by atoms with Crippen LogP contribution in [0.5, 0.6) is 0 Å². The van der Waals surface area contributed by atoms with E-state index in [1.807, 2.05) is 18.9 Å². The molecule has 2 unspecified atom stereocenters. The minimum atomic E-state index is -0.0523. The van der Waals surface area contributed by atoms with Crippen molar-refractivity contribution in [2.75, 3.05) is 13.6 Å².